The summed E-state index contributed by atoms with van der Waals surface area (Å²) in [5, 5.41) is 2.32. The van der Waals surface area contributed by atoms with Crippen LogP contribution in [-0.4, -0.2) is 30.0 Å². The molecule has 0 radical (unpaired) electrons. The molecule has 22 heavy (non-hydrogen) atoms. The summed E-state index contributed by atoms with van der Waals surface area (Å²) in [5.74, 6) is 0.909. The molecule has 0 spiro atoms. The molecule has 0 aliphatic carbocycles. The number of fused-ring (bicyclic) bond motifs is 1. The summed E-state index contributed by atoms with van der Waals surface area (Å²) in [6, 6.07) is 14.2. The molecule has 2 aromatic rings. The quantitative estimate of drug-likeness (QED) is 0.853. The first-order chi connectivity index (χ1) is 10.8. The minimum absolute atomic E-state index is 0.135. The lowest BCUT2D eigenvalue weighted by Gasteiger charge is -2.30. The fraction of sp³-hybridized carbons (Fsp3) is 0.421. The van der Waals surface area contributed by atoms with Crippen LogP contribution in [0.2, 0.25) is 0 Å². The maximum absolute atomic E-state index is 12.6. The second-order valence-electron chi connectivity index (χ2n) is 5.91. The van der Waals surface area contributed by atoms with Gasteiger partial charge in [0.1, 0.15) is 5.75 Å². The number of carbonyl (C=O) groups is 1. The third-order valence-corrected chi connectivity index (χ3v) is 4.31. The van der Waals surface area contributed by atoms with Gasteiger partial charge in [-0.15, -0.1) is 0 Å². The highest BCUT2D eigenvalue weighted by Gasteiger charge is 2.25. The van der Waals surface area contributed by atoms with Gasteiger partial charge in [0.2, 0.25) is 0 Å². The van der Waals surface area contributed by atoms with Gasteiger partial charge >= 0.3 is 0 Å². The number of carbonyl (C=O) groups excluding carboxylic acids is 1. The molecule has 116 valence electrons. The zero-order chi connectivity index (χ0) is 15.4. The monoisotopic (exact) mass is 297 g/mol. The molecule has 3 nitrogen and oxygen atoms in total. The van der Waals surface area contributed by atoms with E-state index >= 15 is 0 Å². The topological polar surface area (TPSA) is 29.5 Å². The van der Waals surface area contributed by atoms with Crippen molar-refractivity contribution in [3.8, 4) is 5.75 Å². The van der Waals surface area contributed by atoms with E-state index in [0.29, 0.717) is 6.42 Å². The van der Waals surface area contributed by atoms with Gasteiger partial charge in [-0.3, -0.25) is 4.79 Å². The Morgan fingerprint density at radius 2 is 1.82 bits per heavy atom. The first-order valence-corrected chi connectivity index (χ1v) is 8.22. The van der Waals surface area contributed by atoms with Crippen molar-refractivity contribution in [1.29, 1.82) is 0 Å². The predicted molar refractivity (Wildman–Crippen MR) is 89.1 cm³/mol. The highest BCUT2D eigenvalue weighted by molar-refractivity contribution is 5.84. The van der Waals surface area contributed by atoms with Gasteiger partial charge in [-0.05, 0) is 48.6 Å². The molecule has 0 saturated carbocycles. The molecule has 3 heteroatoms. The van der Waals surface area contributed by atoms with Crippen molar-refractivity contribution in [3.63, 3.8) is 0 Å². The van der Waals surface area contributed by atoms with Crippen LogP contribution in [0.15, 0.2) is 42.5 Å². The van der Waals surface area contributed by atoms with E-state index in [1.54, 1.807) is 0 Å². The van der Waals surface area contributed by atoms with E-state index < -0.39 is 0 Å². The molecule has 1 aliphatic rings. The van der Waals surface area contributed by atoms with E-state index in [9.17, 15) is 4.79 Å². The molecule has 1 amide bonds. The van der Waals surface area contributed by atoms with E-state index in [1.807, 2.05) is 42.2 Å². The summed E-state index contributed by atoms with van der Waals surface area (Å²) in [4.78, 5) is 14.6. The van der Waals surface area contributed by atoms with Crippen molar-refractivity contribution >= 4 is 16.7 Å². The Morgan fingerprint density at radius 3 is 2.55 bits per heavy atom. The largest absolute Gasteiger partial charge is 0.481 e. The number of nitrogens with zero attached hydrogens (tertiary/aromatic N) is 1. The Balaban J connectivity index is 1.74. The van der Waals surface area contributed by atoms with Crippen molar-refractivity contribution < 1.29 is 9.53 Å². The Kier molecular flexibility index (Phi) is 4.62. The van der Waals surface area contributed by atoms with E-state index in [4.69, 9.17) is 4.74 Å². The number of amides is 1. The van der Waals surface area contributed by atoms with Crippen molar-refractivity contribution in [3.05, 3.63) is 42.5 Å². The molecule has 0 bridgehead atoms. The summed E-state index contributed by atoms with van der Waals surface area (Å²) in [5.41, 5.74) is 0. The molecule has 2 aromatic carbocycles. The van der Waals surface area contributed by atoms with Crippen LogP contribution in [0.25, 0.3) is 10.8 Å². The fourth-order valence-electron chi connectivity index (χ4n) is 3.03. The van der Waals surface area contributed by atoms with Gasteiger partial charge in [0.15, 0.2) is 6.10 Å². The van der Waals surface area contributed by atoms with Crippen LogP contribution in [0, 0.1) is 0 Å². The van der Waals surface area contributed by atoms with Crippen LogP contribution in [0.3, 0.4) is 0 Å². The first kappa shape index (κ1) is 14.9. The van der Waals surface area contributed by atoms with Crippen LogP contribution in [-0.2, 0) is 4.79 Å². The van der Waals surface area contributed by atoms with E-state index in [1.165, 1.54) is 11.8 Å². The molecule has 0 aromatic heterocycles. The second-order valence-corrected chi connectivity index (χ2v) is 5.91. The molecule has 1 saturated heterocycles. The van der Waals surface area contributed by atoms with E-state index in [2.05, 4.69) is 12.1 Å². The van der Waals surface area contributed by atoms with Crippen LogP contribution in [0.1, 0.15) is 32.6 Å². The van der Waals surface area contributed by atoms with E-state index in [-0.39, 0.29) is 12.0 Å². The number of piperidine rings is 1. The zero-order valence-corrected chi connectivity index (χ0v) is 13.1. The van der Waals surface area contributed by atoms with Crippen molar-refractivity contribution in [2.24, 2.45) is 0 Å². The minimum Gasteiger partial charge on any atom is -0.481 e. The third kappa shape index (κ3) is 3.24. The lowest BCUT2D eigenvalue weighted by atomic mass is 10.1. The molecule has 1 heterocycles. The minimum atomic E-state index is -0.376. The van der Waals surface area contributed by atoms with Gasteiger partial charge in [0.05, 0.1) is 0 Å². The molecule has 1 aliphatic heterocycles. The normalized spacial score (nSPS) is 16.5. The van der Waals surface area contributed by atoms with Gasteiger partial charge in [-0.2, -0.15) is 0 Å². The Bertz CT molecular complexity index is 647. The van der Waals surface area contributed by atoms with E-state index in [0.717, 1.165) is 37.1 Å². The lowest BCUT2D eigenvalue weighted by molar-refractivity contribution is -0.139. The Hall–Kier alpha value is -2.03. The Labute approximate surface area is 131 Å². The zero-order valence-electron chi connectivity index (χ0n) is 13.1. The number of hydrogen-bond acceptors (Lipinski definition) is 2. The van der Waals surface area contributed by atoms with Gasteiger partial charge in [0.25, 0.3) is 5.91 Å². The molecule has 0 N–H and O–H groups in total. The molecule has 1 fully saturated rings. The van der Waals surface area contributed by atoms with Crippen molar-refractivity contribution in [1.82, 2.24) is 4.90 Å². The van der Waals surface area contributed by atoms with Crippen LogP contribution >= 0.6 is 0 Å². The number of rotatable bonds is 4. The SMILES string of the molecule is CCC(Oc1ccc2ccccc2c1)C(=O)N1CCCCC1. The second kappa shape index (κ2) is 6.82. The molecule has 3 rings (SSSR count). The van der Waals surface area contributed by atoms with Crippen LogP contribution < -0.4 is 4.74 Å². The van der Waals surface area contributed by atoms with Gasteiger partial charge in [-0.25, -0.2) is 0 Å². The summed E-state index contributed by atoms with van der Waals surface area (Å²) in [6.07, 6.45) is 3.77. The highest BCUT2D eigenvalue weighted by atomic mass is 16.5. The first-order valence-electron chi connectivity index (χ1n) is 8.22. The average Bonchev–Trinajstić information content (AvgIpc) is 2.59. The smallest absolute Gasteiger partial charge is 0.263 e. The number of hydrogen-bond donors (Lipinski definition) is 0. The Morgan fingerprint density at radius 1 is 1.09 bits per heavy atom. The molecular formula is C19H23NO2. The maximum Gasteiger partial charge on any atom is 0.263 e. The lowest BCUT2D eigenvalue weighted by Crippen LogP contribution is -2.44. The van der Waals surface area contributed by atoms with Crippen molar-refractivity contribution in [2.45, 2.75) is 38.7 Å². The molecule has 1 atom stereocenters. The standard InChI is InChI=1S/C19H23NO2/c1-2-18(19(21)20-12-6-3-7-13-20)22-17-11-10-15-8-4-5-9-16(15)14-17/h4-5,8-11,14,18H,2-3,6-7,12-13H2,1H3. The summed E-state index contributed by atoms with van der Waals surface area (Å²) >= 11 is 0. The third-order valence-electron chi connectivity index (χ3n) is 4.31. The highest BCUT2D eigenvalue weighted by Crippen LogP contribution is 2.23. The summed E-state index contributed by atoms with van der Waals surface area (Å²) in [6.45, 7) is 3.75. The predicted octanol–water partition coefficient (Wildman–Crippen LogP) is 4.01. The van der Waals surface area contributed by atoms with Gasteiger partial charge in [-0.1, -0.05) is 37.3 Å². The van der Waals surface area contributed by atoms with Crippen molar-refractivity contribution in [2.75, 3.05) is 13.1 Å². The number of benzene rings is 2. The number of ether oxygens (including phenoxy) is 1. The van der Waals surface area contributed by atoms with Crippen LogP contribution in [0.5, 0.6) is 5.75 Å². The summed E-state index contributed by atoms with van der Waals surface area (Å²) < 4.78 is 6.00. The maximum atomic E-state index is 12.6. The van der Waals surface area contributed by atoms with Gasteiger partial charge in [0, 0.05) is 13.1 Å². The van der Waals surface area contributed by atoms with Crippen LogP contribution in [0.4, 0.5) is 0 Å². The molecule has 1 unspecified atom stereocenters. The van der Waals surface area contributed by atoms with Gasteiger partial charge < -0.3 is 9.64 Å². The number of likely N-dealkylation sites (tertiary alicyclic amines) is 1. The fourth-order valence-corrected chi connectivity index (χ4v) is 3.03. The average molecular weight is 297 g/mol. The summed E-state index contributed by atoms with van der Waals surface area (Å²) in [7, 11) is 0. The molecular weight excluding hydrogens is 274 g/mol.